The van der Waals surface area contributed by atoms with Gasteiger partial charge in [-0.25, -0.2) is 0 Å². The van der Waals surface area contributed by atoms with Crippen molar-refractivity contribution in [1.29, 1.82) is 0 Å². The van der Waals surface area contributed by atoms with Crippen LogP contribution in [0.25, 0.3) is 6.08 Å². The minimum absolute atomic E-state index is 0.0329. The van der Waals surface area contributed by atoms with Crippen LogP contribution in [-0.4, -0.2) is 19.0 Å². The molecule has 3 nitrogen and oxygen atoms in total. The van der Waals surface area contributed by atoms with E-state index in [1.807, 2.05) is 36.4 Å². The third-order valence-electron chi connectivity index (χ3n) is 3.83. The quantitative estimate of drug-likeness (QED) is 0.225. The van der Waals surface area contributed by atoms with Gasteiger partial charge in [0.2, 0.25) is 0 Å². The Hall–Kier alpha value is -2.81. The molecule has 0 atom stereocenters. The summed E-state index contributed by atoms with van der Waals surface area (Å²) in [6.45, 7) is 6.98. The molecular weight excluding hydrogens is 324 g/mol. The second kappa shape index (κ2) is 10.9. The van der Waals surface area contributed by atoms with Crippen LogP contribution < -0.4 is 9.47 Å². The van der Waals surface area contributed by atoms with Crippen molar-refractivity contribution in [2.75, 3.05) is 13.2 Å². The Balaban J connectivity index is 1.88. The topological polar surface area (TPSA) is 35.5 Å². The Kier molecular flexibility index (Phi) is 8.20. The molecule has 0 saturated heterocycles. The minimum atomic E-state index is -0.0329. The maximum absolute atomic E-state index is 12.3. The molecule has 0 aliphatic carbocycles. The summed E-state index contributed by atoms with van der Waals surface area (Å²) in [5.41, 5.74) is 1.59. The third-order valence-corrected chi connectivity index (χ3v) is 3.83. The average Bonchev–Trinajstić information content (AvgIpc) is 2.69. The van der Waals surface area contributed by atoms with Crippen molar-refractivity contribution in [1.82, 2.24) is 0 Å². The first-order chi connectivity index (χ1) is 12.7. The van der Waals surface area contributed by atoms with Crippen LogP contribution in [0.3, 0.4) is 0 Å². The summed E-state index contributed by atoms with van der Waals surface area (Å²) in [4.78, 5) is 12.3. The van der Waals surface area contributed by atoms with Crippen LogP contribution in [-0.2, 0) is 0 Å². The predicted octanol–water partition coefficient (Wildman–Crippen LogP) is 5.72. The number of ketones is 1. The van der Waals surface area contributed by atoms with Gasteiger partial charge in [0.25, 0.3) is 0 Å². The first-order valence-corrected chi connectivity index (χ1v) is 9.02. The maximum atomic E-state index is 12.3. The van der Waals surface area contributed by atoms with E-state index in [4.69, 9.17) is 9.47 Å². The second-order valence-electron chi connectivity index (χ2n) is 5.95. The molecule has 0 aromatic heterocycles. The number of benzene rings is 2. The van der Waals surface area contributed by atoms with Gasteiger partial charge in [-0.2, -0.15) is 0 Å². The molecule has 0 fully saturated rings. The van der Waals surface area contributed by atoms with E-state index < -0.39 is 0 Å². The normalized spacial score (nSPS) is 10.7. The molecule has 3 heteroatoms. The summed E-state index contributed by atoms with van der Waals surface area (Å²) >= 11 is 0. The van der Waals surface area contributed by atoms with Crippen LogP contribution in [0.15, 0.2) is 67.3 Å². The molecule has 0 radical (unpaired) electrons. The highest BCUT2D eigenvalue weighted by Gasteiger charge is 2.02. The van der Waals surface area contributed by atoms with E-state index in [2.05, 4.69) is 13.5 Å². The molecule has 0 saturated carbocycles. The van der Waals surface area contributed by atoms with Gasteiger partial charge in [0.05, 0.1) is 6.61 Å². The van der Waals surface area contributed by atoms with Crippen molar-refractivity contribution >= 4 is 11.9 Å². The van der Waals surface area contributed by atoms with Crippen molar-refractivity contribution in [2.24, 2.45) is 0 Å². The molecule has 0 N–H and O–H groups in total. The highest BCUT2D eigenvalue weighted by Crippen LogP contribution is 2.16. The predicted molar refractivity (Wildman–Crippen MR) is 107 cm³/mol. The van der Waals surface area contributed by atoms with Crippen molar-refractivity contribution in [3.8, 4) is 11.5 Å². The number of hydrogen-bond donors (Lipinski definition) is 0. The molecule has 0 unspecified atom stereocenters. The standard InChI is InChI=1S/C23H26O3/c1-3-5-6-18-26-22-14-10-20(11-15-22)23(24)16-9-19-7-12-21(13-8-19)25-17-4-2/h4,7-16H,2-3,5-6,17-18H2,1H3/b16-9+. The molecule has 2 rings (SSSR count). The second-order valence-corrected chi connectivity index (χ2v) is 5.95. The highest BCUT2D eigenvalue weighted by molar-refractivity contribution is 6.06. The number of unbranched alkanes of at least 4 members (excludes halogenated alkanes) is 2. The summed E-state index contributed by atoms with van der Waals surface area (Å²) in [6, 6.07) is 14.9. The SMILES string of the molecule is C=CCOc1ccc(/C=C/C(=O)c2ccc(OCCCCC)cc2)cc1. The largest absolute Gasteiger partial charge is 0.494 e. The molecule has 136 valence electrons. The lowest BCUT2D eigenvalue weighted by Crippen LogP contribution is -1.98. The fraction of sp³-hybridized carbons (Fsp3) is 0.261. The molecule has 0 spiro atoms. The van der Waals surface area contributed by atoms with Crippen molar-refractivity contribution in [3.63, 3.8) is 0 Å². The van der Waals surface area contributed by atoms with E-state index in [0.29, 0.717) is 18.8 Å². The molecule has 2 aromatic rings. The Bertz CT molecular complexity index is 712. The van der Waals surface area contributed by atoms with Gasteiger partial charge in [-0.1, -0.05) is 50.6 Å². The number of carbonyl (C=O) groups is 1. The average molecular weight is 350 g/mol. The zero-order valence-corrected chi connectivity index (χ0v) is 15.3. The van der Waals surface area contributed by atoms with Gasteiger partial charge < -0.3 is 9.47 Å². The van der Waals surface area contributed by atoms with Gasteiger partial charge in [0.15, 0.2) is 5.78 Å². The number of rotatable bonds is 11. The Labute approximate surface area is 156 Å². The Morgan fingerprint density at radius 3 is 2.27 bits per heavy atom. The van der Waals surface area contributed by atoms with Gasteiger partial charge >= 0.3 is 0 Å². The van der Waals surface area contributed by atoms with E-state index >= 15 is 0 Å². The van der Waals surface area contributed by atoms with Crippen molar-refractivity contribution in [2.45, 2.75) is 26.2 Å². The Morgan fingerprint density at radius 1 is 0.962 bits per heavy atom. The molecule has 26 heavy (non-hydrogen) atoms. The number of carbonyl (C=O) groups excluding carboxylic acids is 1. The van der Waals surface area contributed by atoms with Gasteiger partial charge in [-0.05, 0) is 54.5 Å². The van der Waals surface area contributed by atoms with Crippen LogP contribution in [0, 0.1) is 0 Å². The smallest absolute Gasteiger partial charge is 0.185 e. The molecule has 2 aromatic carbocycles. The number of hydrogen-bond acceptors (Lipinski definition) is 3. The molecule has 0 amide bonds. The van der Waals surface area contributed by atoms with Crippen LogP contribution in [0.1, 0.15) is 42.1 Å². The first kappa shape index (κ1) is 19.5. The van der Waals surface area contributed by atoms with E-state index in [0.717, 1.165) is 23.5 Å². The molecule has 0 heterocycles. The number of ether oxygens (including phenoxy) is 2. The maximum Gasteiger partial charge on any atom is 0.185 e. The van der Waals surface area contributed by atoms with Crippen LogP contribution >= 0.6 is 0 Å². The summed E-state index contributed by atoms with van der Waals surface area (Å²) in [5.74, 6) is 1.55. The third kappa shape index (κ3) is 6.60. The van der Waals surface area contributed by atoms with E-state index in [9.17, 15) is 4.79 Å². The van der Waals surface area contributed by atoms with Crippen molar-refractivity contribution in [3.05, 3.63) is 78.4 Å². The monoisotopic (exact) mass is 350 g/mol. The summed E-state index contributed by atoms with van der Waals surface area (Å²) in [5, 5.41) is 0. The van der Waals surface area contributed by atoms with Gasteiger partial charge in [0.1, 0.15) is 18.1 Å². The zero-order valence-electron chi connectivity index (χ0n) is 15.3. The van der Waals surface area contributed by atoms with Crippen LogP contribution in [0.5, 0.6) is 11.5 Å². The lowest BCUT2D eigenvalue weighted by Gasteiger charge is -2.06. The fourth-order valence-electron chi connectivity index (χ4n) is 2.36. The van der Waals surface area contributed by atoms with E-state index in [-0.39, 0.29) is 5.78 Å². The summed E-state index contributed by atoms with van der Waals surface area (Å²) < 4.78 is 11.1. The van der Waals surface area contributed by atoms with E-state index in [1.165, 1.54) is 12.8 Å². The van der Waals surface area contributed by atoms with Gasteiger partial charge in [-0.3, -0.25) is 4.79 Å². The molecule has 0 aliphatic rings. The zero-order chi connectivity index (χ0) is 18.6. The van der Waals surface area contributed by atoms with Gasteiger partial charge in [0, 0.05) is 5.56 Å². The highest BCUT2D eigenvalue weighted by atomic mass is 16.5. The summed E-state index contributed by atoms with van der Waals surface area (Å²) in [6.07, 6.45) is 8.48. The van der Waals surface area contributed by atoms with Crippen molar-refractivity contribution < 1.29 is 14.3 Å². The van der Waals surface area contributed by atoms with Gasteiger partial charge in [-0.15, -0.1) is 0 Å². The Morgan fingerprint density at radius 2 is 1.62 bits per heavy atom. The van der Waals surface area contributed by atoms with Crippen LogP contribution in [0.4, 0.5) is 0 Å². The number of allylic oxidation sites excluding steroid dienone is 1. The minimum Gasteiger partial charge on any atom is -0.494 e. The molecule has 0 bridgehead atoms. The fourth-order valence-corrected chi connectivity index (χ4v) is 2.36. The molecule has 0 aliphatic heterocycles. The lowest BCUT2D eigenvalue weighted by atomic mass is 10.1. The lowest BCUT2D eigenvalue weighted by molar-refractivity contribution is 0.104. The molecular formula is C23H26O3. The van der Waals surface area contributed by atoms with E-state index in [1.54, 1.807) is 30.4 Å². The first-order valence-electron chi connectivity index (χ1n) is 9.02. The van der Waals surface area contributed by atoms with Crippen LogP contribution in [0.2, 0.25) is 0 Å². The summed E-state index contributed by atoms with van der Waals surface area (Å²) in [7, 11) is 0.